The molecule has 11 heavy (non-hydrogen) atoms. The van der Waals surface area contributed by atoms with Crippen molar-refractivity contribution in [1.29, 1.82) is 0 Å². The van der Waals surface area contributed by atoms with E-state index in [4.69, 9.17) is 0 Å². The van der Waals surface area contributed by atoms with Crippen LogP contribution in [0, 0.1) is 0 Å². The van der Waals surface area contributed by atoms with Gasteiger partial charge in [-0.1, -0.05) is 19.1 Å². The van der Waals surface area contributed by atoms with Gasteiger partial charge in [0.25, 0.3) is 0 Å². The van der Waals surface area contributed by atoms with Crippen LogP contribution in [-0.2, 0) is 0 Å². The molecule has 1 N–H and O–H groups in total. The molecule has 0 radical (unpaired) electrons. The molecule has 0 aromatic heterocycles. The highest BCUT2D eigenvalue weighted by Crippen LogP contribution is 2.17. The molecule has 0 saturated heterocycles. The molecule has 1 aromatic rings. The van der Waals surface area contributed by atoms with E-state index in [1.54, 1.807) is 0 Å². The molecule has 0 aliphatic heterocycles. The summed E-state index contributed by atoms with van der Waals surface area (Å²) in [4.78, 5) is 0.928. The first-order chi connectivity index (χ1) is 5.24. The third kappa shape index (κ3) is 2.24. The summed E-state index contributed by atoms with van der Waals surface area (Å²) in [5, 5.41) is 9.40. The third-order valence-electron chi connectivity index (χ3n) is 1.66. The van der Waals surface area contributed by atoms with E-state index in [1.165, 1.54) is 0 Å². The molecule has 0 aliphatic carbocycles. The molecule has 1 aromatic carbocycles. The van der Waals surface area contributed by atoms with E-state index in [9.17, 15) is 5.11 Å². The second kappa shape index (κ2) is 3.79. The summed E-state index contributed by atoms with van der Waals surface area (Å²) in [7, 11) is 0. The molecule has 1 atom stereocenters. The van der Waals surface area contributed by atoms with Crippen molar-refractivity contribution in [3.8, 4) is 0 Å². The van der Waals surface area contributed by atoms with Crippen molar-refractivity contribution in [2.75, 3.05) is 0 Å². The average Bonchev–Trinajstić information content (AvgIpc) is 2.05. The van der Waals surface area contributed by atoms with Crippen LogP contribution >= 0.6 is 12.6 Å². The molecule has 0 bridgehead atoms. The smallest absolute Gasteiger partial charge is 0.0787 e. The predicted octanol–water partition coefficient (Wildman–Crippen LogP) is 2.42. The Morgan fingerprint density at radius 2 is 1.91 bits per heavy atom. The van der Waals surface area contributed by atoms with Gasteiger partial charge in [-0.2, -0.15) is 0 Å². The Bertz CT molecular complexity index is 218. The van der Waals surface area contributed by atoms with Gasteiger partial charge in [0, 0.05) is 4.90 Å². The van der Waals surface area contributed by atoms with Gasteiger partial charge < -0.3 is 5.11 Å². The second-order valence-electron chi connectivity index (χ2n) is 2.52. The molecular weight excluding hydrogens is 156 g/mol. The summed E-state index contributed by atoms with van der Waals surface area (Å²) < 4.78 is 0. The zero-order valence-corrected chi connectivity index (χ0v) is 7.38. The van der Waals surface area contributed by atoms with E-state index in [0.29, 0.717) is 0 Å². The Morgan fingerprint density at radius 1 is 1.36 bits per heavy atom. The Morgan fingerprint density at radius 3 is 2.36 bits per heavy atom. The van der Waals surface area contributed by atoms with Crippen molar-refractivity contribution in [2.45, 2.75) is 24.3 Å². The van der Waals surface area contributed by atoms with Crippen molar-refractivity contribution >= 4 is 12.6 Å². The fourth-order valence-electron chi connectivity index (χ4n) is 0.932. The van der Waals surface area contributed by atoms with E-state index >= 15 is 0 Å². The molecule has 0 saturated carbocycles. The van der Waals surface area contributed by atoms with Gasteiger partial charge in [0.2, 0.25) is 0 Å². The van der Waals surface area contributed by atoms with Crippen LogP contribution in [0.25, 0.3) is 0 Å². The summed E-state index contributed by atoms with van der Waals surface area (Å²) in [6, 6.07) is 7.57. The predicted molar refractivity (Wildman–Crippen MR) is 48.9 cm³/mol. The summed E-state index contributed by atoms with van der Waals surface area (Å²) in [6.07, 6.45) is 0.426. The molecule has 0 aliphatic rings. The second-order valence-corrected chi connectivity index (χ2v) is 3.03. The number of hydrogen-bond donors (Lipinski definition) is 2. The molecule has 1 nitrogen and oxygen atoms in total. The van der Waals surface area contributed by atoms with Crippen LogP contribution in [-0.4, -0.2) is 5.11 Å². The van der Waals surface area contributed by atoms with Gasteiger partial charge in [0.05, 0.1) is 6.10 Å². The number of aliphatic hydroxyl groups excluding tert-OH is 1. The number of benzene rings is 1. The van der Waals surface area contributed by atoms with Crippen molar-refractivity contribution < 1.29 is 5.11 Å². The fraction of sp³-hybridized carbons (Fsp3) is 0.333. The average molecular weight is 168 g/mol. The minimum absolute atomic E-state index is 0.330. The van der Waals surface area contributed by atoms with Crippen molar-refractivity contribution in [1.82, 2.24) is 0 Å². The van der Waals surface area contributed by atoms with E-state index in [-0.39, 0.29) is 6.10 Å². The molecule has 1 rings (SSSR count). The Kier molecular flexibility index (Phi) is 2.97. The van der Waals surface area contributed by atoms with E-state index in [2.05, 4.69) is 12.6 Å². The lowest BCUT2D eigenvalue weighted by atomic mass is 10.1. The van der Waals surface area contributed by atoms with Gasteiger partial charge in [-0.25, -0.2) is 0 Å². The van der Waals surface area contributed by atoms with Gasteiger partial charge in [-0.05, 0) is 24.1 Å². The molecule has 0 fully saturated rings. The Balaban J connectivity index is 2.81. The number of hydrogen-bond acceptors (Lipinski definition) is 2. The maximum atomic E-state index is 9.40. The Labute approximate surface area is 72.5 Å². The first-order valence-electron chi connectivity index (χ1n) is 3.71. The quantitative estimate of drug-likeness (QED) is 0.650. The topological polar surface area (TPSA) is 20.2 Å². The highest BCUT2D eigenvalue weighted by Gasteiger charge is 2.02. The lowest BCUT2D eigenvalue weighted by molar-refractivity contribution is 0.173. The number of aliphatic hydroxyl groups is 1. The largest absolute Gasteiger partial charge is 0.388 e. The van der Waals surface area contributed by atoms with Gasteiger partial charge in [-0.15, -0.1) is 12.6 Å². The van der Waals surface area contributed by atoms with Crippen LogP contribution in [0.3, 0.4) is 0 Å². The molecule has 0 heterocycles. The molecule has 60 valence electrons. The first kappa shape index (κ1) is 8.62. The highest BCUT2D eigenvalue weighted by atomic mass is 32.1. The lowest BCUT2D eigenvalue weighted by Gasteiger charge is -2.06. The molecule has 2 heteroatoms. The van der Waals surface area contributed by atoms with E-state index in [0.717, 1.165) is 16.9 Å². The summed E-state index contributed by atoms with van der Waals surface area (Å²) in [6.45, 7) is 1.96. The van der Waals surface area contributed by atoms with Crippen LogP contribution in [0.15, 0.2) is 29.2 Å². The zero-order chi connectivity index (χ0) is 8.27. The van der Waals surface area contributed by atoms with Crippen molar-refractivity contribution in [2.24, 2.45) is 0 Å². The standard InChI is InChI=1S/C9H12OS/c1-2-9(10)7-3-5-8(11)6-4-7/h3-6,9-11H,2H2,1H3. The van der Waals surface area contributed by atoms with Crippen LogP contribution in [0.4, 0.5) is 0 Å². The van der Waals surface area contributed by atoms with Gasteiger partial charge in [0.15, 0.2) is 0 Å². The lowest BCUT2D eigenvalue weighted by Crippen LogP contribution is -1.93. The van der Waals surface area contributed by atoms with Gasteiger partial charge in [0.1, 0.15) is 0 Å². The van der Waals surface area contributed by atoms with Gasteiger partial charge >= 0.3 is 0 Å². The minimum atomic E-state index is -0.330. The van der Waals surface area contributed by atoms with Crippen LogP contribution in [0.5, 0.6) is 0 Å². The van der Waals surface area contributed by atoms with Crippen molar-refractivity contribution in [3.05, 3.63) is 29.8 Å². The highest BCUT2D eigenvalue weighted by molar-refractivity contribution is 7.80. The van der Waals surface area contributed by atoms with Crippen LogP contribution < -0.4 is 0 Å². The van der Waals surface area contributed by atoms with E-state index in [1.807, 2.05) is 31.2 Å². The van der Waals surface area contributed by atoms with Gasteiger partial charge in [-0.3, -0.25) is 0 Å². The molecular formula is C9H12OS. The number of rotatable bonds is 2. The maximum absolute atomic E-state index is 9.40. The third-order valence-corrected chi connectivity index (χ3v) is 1.96. The molecule has 0 spiro atoms. The van der Waals surface area contributed by atoms with Crippen molar-refractivity contribution in [3.63, 3.8) is 0 Å². The zero-order valence-electron chi connectivity index (χ0n) is 6.49. The first-order valence-corrected chi connectivity index (χ1v) is 4.15. The SMILES string of the molecule is CCC(O)c1ccc(S)cc1. The Hall–Kier alpha value is -0.470. The summed E-state index contributed by atoms with van der Waals surface area (Å²) in [5.74, 6) is 0. The van der Waals surface area contributed by atoms with E-state index < -0.39 is 0 Å². The fourth-order valence-corrected chi connectivity index (χ4v) is 1.08. The van der Waals surface area contributed by atoms with Crippen LogP contribution in [0.2, 0.25) is 0 Å². The minimum Gasteiger partial charge on any atom is -0.388 e. The summed E-state index contributed by atoms with van der Waals surface area (Å²) in [5.41, 5.74) is 0.963. The van der Waals surface area contributed by atoms with Crippen LogP contribution in [0.1, 0.15) is 25.0 Å². The molecule has 1 unspecified atom stereocenters. The maximum Gasteiger partial charge on any atom is 0.0787 e. The molecule has 0 amide bonds. The normalized spacial score (nSPS) is 13.0. The number of thiol groups is 1. The summed E-state index contributed by atoms with van der Waals surface area (Å²) >= 11 is 4.15. The monoisotopic (exact) mass is 168 g/mol.